The van der Waals surface area contributed by atoms with Crippen LogP contribution in [0.1, 0.15) is 28.1 Å². The molecule has 1 amide bonds. The van der Waals surface area contributed by atoms with E-state index in [9.17, 15) is 9.90 Å². The minimum absolute atomic E-state index is 0.214. The van der Waals surface area contributed by atoms with Gasteiger partial charge in [0.25, 0.3) is 5.91 Å². The highest BCUT2D eigenvalue weighted by molar-refractivity contribution is 6.09. The number of anilines is 1. The summed E-state index contributed by atoms with van der Waals surface area (Å²) in [5.41, 5.74) is 2.61. The highest BCUT2D eigenvalue weighted by Crippen LogP contribution is 2.45. The van der Waals surface area contributed by atoms with Gasteiger partial charge in [-0.2, -0.15) is 0 Å². The number of fused-ring (bicyclic) bond motifs is 1. The quantitative estimate of drug-likeness (QED) is 0.528. The number of nitrogens with zero attached hydrogens (tertiary/aromatic N) is 2. The van der Waals surface area contributed by atoms with Crippen LogP contribution in [0.3, 0.4) is 0 Å². The lowest BCUT2D eigenvalue weighted by atomic mass is 9.87. The molecule has 154 valence electrons. The standard InChI is InChI=1S/C26H22N2O3/c1-17-9-8-12-20(15-17)26(30)21-13-6-7-14-23(21)28(25(26)29)16-22-18(2)31-24(27-22)19-10-4-3-5-11-19/h3-15,30H,16H2,1-2H3/t26-/m0/s1. The van der Waals surface area contributed by atoms with Crippen LogP contribution in [-0.4, -0.2) is 16.0 Å². The first kappa shape index (κ1) is 19.3. The molecule has 4 aromatic rings. The lowest BCUT2D eigenvalue weighted by Crippen LogP contribution is -2.41. The second-order valence-electron chi connectivity index (χ2n) is 7.88. The summed E-state index contributed by atoms with van der Waals surface area (Å²) >= 11 is 0. The van der Waals surface area contributed by atoms with Crippen LogP contribution in [0.25, 0.3) is 11.5 Å². The number of aromatic nitrogens is 1. The Balaban J connectivity index is 1.56. The van der Waals surface area contributed by atoms with E-state index in [1.54, 1.807) is 17.0 Å². The van der Waals surface area contributed by atoms with Crippen molar-refractivity contribution in [3.8, 4) is 11.5 Å². The van der Waals surface area contributed by atoms with E-state index in [4.69, 9.17) is 4.42 Å². The fourth-order valence-electron chi connectivity index (χ4n) is 4.17. The predicted octanol–water partition coefficient (Wildman–Crippen LogP) is 4.74. The summed E-state index contributed by atoms with van der Waals surface area (Å²) in [4.78, 5) is 19.8. The van der Waals surface area contributed by atoms with Gasteiger partial charge in [-0.15, -0.1) is 0 Å². The number of hydrogen-bond donors (Lipinski definition) is 1. The van der Waals surface area contributed by atoms with Gasteiger partial charge in [0.1, 0.15) is 11.5 Å². The van der Waals surface area contributed by atoms with Crippen molar-refractivity contribution in [3.63, 3.8) is 0 Å². The third-order valence-corrected chi connectivity index (χ3v) is 5.80. The Labute approximate surface area is 180 Å². The molecule has 0 unspecified atom stereocenters. The number of rotatable bonds is 4. The van der Waals surface area contributed by atoms with Crippen molar-refractivity contribution in [2.75, 3.05) is 4.90 Å². The molecule has 3 aromatic carbocycles. The van der Waals surface area contributed by atoms with Crippen LogP contribution in [0.4, 0.5) is 5.69 Å². The van der Waals surface area contributed by atoms with Crippen LogP contribution in [0, 0.1) is 13.8 Å². The largest absolute Gasteiger partial charge is 0.441 e. The van der Waals surface area contributed by atoms with Gasteiger partial charge in [0.2, 0.25) is 5.89 Å². The molecule has 0 aliphatic carbocycles. The van der Waals surface area contributed by atoms with E-state index >= 15 is 0 Å². The fourth-order valence-corrected chi connectivity index (χ4v) is 4.17. The minimum atomic E-state index is -1.73. The van der Waals surface area contributed by atoms with Gasteiger partial charge in [-0.05, 0) is 37.6 Å². The van der Waals surface area contributed by atoms with Gasteiger partial charge in [-0.25, -0.2) is 4.98 Å². The smallest absolute Gasteiger partial charge is 0.268 e. The average molecular weight is 410 g/mol. The third kappa shape index (κ3) is 3.05. The van der Waals surface area contributed by atoms with Gasteiger partial charge in [0.05, 0.1) is 12.2 Å². The lowest BCUT2D eigenvalue weighted by Gasteiger charge is -2.24. The molecule has 1 N–H and O–H groups in total. The van der Waals surface area contributed by atoms with Gasteiger partial charge in [0.15, 0.2) is 5.60 Å². The Bertz CT molecular complexity index is 1280. The van der Waals surface area contributed by atoms with E-state index < -0.39 is 5.60 Å². The van der Waals surface area contributed by atoms with Crippen LogP contribution in [0.5, 0.6) is 0 Å². The molecule has 1 aliphatic heterocycles. The summed E-state index contributed by atoms with van der Waals surface area (Å²) in [6, 6.07) is 24.5. The lowest BCUT2D eigenvalue weighted by molar-refractivity contribution is -0.132. The molecule has 0 fully saturated rings. The molecule has 5 rings (SSSR count). The number of benzene rings is 3. The highest BCUT2D eigenvalue weighted by Gasteiger charge is 2.51. The molecule has 0 spiro atoms. The molecular formula is C26H22N2O3. The zero-order chi connectivity index (χ0) is 21.6. The predicted molar refractivity (Wildman–Crippen MR) is 118 cm³/mol. The van der Waals surface area contributed by atoms with E-state index in [0.29, 0.717) is 34.2 Å². The van der Waals surface area contributed by atoms with E-state index in [0.717, 1.165) is 11.1 Å². The molecule has 0 saturated carbocycles. The summed E-state index contributed by atoms with van der Waals surface area (Å²) in [7, 11) is 0. The maximum Gasteiger partial charge on any atom is 0.268 e. The van der Waals surface area contributed by atoms with Crippen LogP contribution < -0.4 is 4.90 Å². The number of oxazole rings is 1. The Morgan fingerprint density at radius 3 is 2.48 bits per heavy atom. The Morgan fingerprint density at radius 1 is 0.968 bits per heavy atom. The molecule has 0 bridgehead atoms. The number of para-hydroxylation sites is 1. The average Bonchev–Trinajstić information content (AvgIpc) is 3.26. The first-order valence-electron chi connectivity index (χ1n) is 10.2. The summed E-state index contributed by atoms with van der Waals surface area (Å²) in [5.74, 6) is 0.778. The van der Waals surface area contributed by atoms with Crippen molar-refractivity contribution in [3.05, 3.63) is 107 Å². The molecule has 5 heteroatoms. The molecule has 2 heterocycles. The van der Waals surface area contributed by atoms with E-state index in [1.807, 2.05) is 80.6 Å². The van der Waals surface area contributed by atoms with Crippen LogP contribution >= 0.6 is 0 Å². The molecular weight excluding hydrogens is 388 g/mol. The molecule has 1 atom stereocenters. The topological polar surface area (TPSA) is 66.6 Å². The van der Waals surface area contributed by atoms with Crippen LogP contribution in [0.2, 0.25) is 0 Å². The maximum atomic E-state index is 13.6. The minimum Gasteiger partial charge on any atom is -0.441 e. The summed E-state index contributed by atoms with van der Waals surface area (Å²) in [6.45, 7) is 4.00. The maximum absolute atomic E-state index is 13.6. The summed E-state index contributed by atoms with van der Waals surface area (Å²) in [6.07, 6.45) is 0. The van der Waals surface area contributed by atoms with Crippen molar-refractivity contribution in [2.24, 2.45) is 0 Å². The van der Waals surface area contributed by atoms with Gasteiger partial charge >= 0.3 is 0 Å². The number of aryl methyl sites for hydroxylation is 2. The molecule has 1 aliphatic rings. The molecule has 0 saturated heterocycles. The first-order chi connectivity index (χ1) is 15.0. The van der Waals surface area contributed by atoms with Crippen LogP contribution in [-0.2, 0) is 16.9 Å². The number of aliphatic hydroxyl groups is 1. The fraction of sp³-hybridized carbons (Fsp3) is 0.154. The van der Waals surface area contributed by atoms with Gasteiger partial charge in [0, 0.05) is 11.1 Å². The second-order valence-corrected chi connectivity index (χ2v) is 7.88. The van der Waals surface area contributed by atoms with Gasteiger partial charge < -0.3 is 14.4 Å². The highest BCUT2D eigenvalue weighted by atomic mass is 16.4. The van der Waals surface area contributed by atoms with E-state index in [-0.39, 0.29) is 12.5 Å². The first-order valence-corrected chi connectivity index (χ1v) is 10.2. The Hall–Kier alpha value is -3.70. The summed E-state index contributed by atoms with van der Waals surface area (Å²) in [5, 5.41) is 11.7. The molecule has 31 heavy (non-hydrogen) atoms. The molecule has 5 nitrogen and oxygen atoms in total. The SMILES string of the molecule is Cc1cccc([C@@]2(O)C(=O)N(Cc3nc(-c4ccccc4)oc3C)c3ccccc32)c1. The Kier molecular flexibility index (Phi) is 4.49. The van der Waals surface area contributed by atoms with Crippen molar-refractivity contribution < 1.29 is 14.3 Å². The van der Waals surface area contributed by atoms with Crippen molar-refractivity contribution in [1.82, 2.24) is 4.98 Å². The number of carbonyl (C=O) groups is 1. The van der Waals surface area contributed by atoms with Crippen molar-refractivity contribution >= 4 is 11.6 Å². The van der Waals surface area contributed by atoms with Crippen molar-refractivity contribution in [2.45, 2.75) is 26.0 Å². The number of hydrogen-bond acceptors (Lipinski definition) is 4. The zero-order valence-corrected chi connectivity index (χ0v) is 17.4. The molecule has 0 radical (unpaired) electrons. The van der Waals surface area contributed by atoms with Gasteiger partial charge in [-0.1, -0.05) is 66.2 Å². The zero-order valence-electron chi connectivity index (χ0n) is 17.4. The number of carbonyl (C=O) groups excluding carboxylic acids is 1. The second kappa shape index (κ2) is 7.22. The Morgan fingerprint density at radius 2 is 1.71 bits per heavy atom. The van der Waals surface area contributed by atoms with E-state index in [2.05, 4.69) is 4.98 Å². The normalized spacial score (nSPS) is 17.8. The third-order valence-electron chi connectivity index (χ3n) is 5.80. The molecule has 1 aromatic heterocycles. The van der Waals surface area contributed by atoms with Crippen molar-refractivity contribution in [1.29, 1.82) is 0 Å². The summed E-state index contributed by atoms with van der Waals surface area (Å²) < 4.78 is 5.87. The number of amides is 1. The van der Waals surface area contributed by atoms with Gasteiger partial charge in [-0.3, -0.25) is 4.79 Å². The van der Waals surface area contributed by atoms with Crippen LogP contribution in [0.15, 0.2) is 83.3 Å². The monoisotopic (exact) mass is 410 g/mol. The van der Waals surface area contributed by atoms with E-state index in [1.165, 1.54) is 0 Å².